The molecule has 59 heavy (non-hydrogen) atoms. The van der Waals surface area contributed by atoms with Crippen molar-refractivity contribution in [3.63, 3.8) is 0 Å². The molecule has 0 fully saturated rings. The van der Waals surface area contributed by atoms with Gasteiger partial charge >= 0.3 is 0 Å². The van der Waals surface area contributed by atoms with Gasteiger partial charge in [0.15, 0.2) is 17.5 Å². The van der Waals surface area contributed by atoms with E-state index in [9.17, 15) is 5.26 Å². The van der Waals surface area contributed by atoms with Crippen LogP contribution in [0.5, 0.6) is 0 Å². The summed E-state index contributed by atoms with van der Waals surface area (Å²) in [4.78, 5) is 15.2. The van der Waals surface area contributed by atoms with Crippen molar-refractivity contribution in [2.75, 3.05) is 0 Å². The molecule has 1 heterocycles. The van der Waals surface area contributed by atoms with E-state index in [-0.39, 0.29) is 5.41 Å². The minimum absolute atomic E-state index is 0.155. The topological polar surface area (TPSA) is 62.5 Å². The fraction of sp³-hybridized carbons (Fsp3) is 0.0545. The molecule has 8 aromatic carbocycles. The first-order chi connectivity index (χ1) is 28.9. The molecule has 0 bridgehead atoms. The summed E-state index contributed by atoms with van der Waals surface area (Å²) in [6.07, 6.45) is 0. The second-order valence-corrected chi connectivity index (χ2v) is 15.6. The number of nitrogens with zero attached hydrogens (tertiary/aromatic N) is 4. The molecule has 0 saturated carbocycles. The van der Waals surface area contributed by atoms with E-state index in [1.165, 1.54) is 11.1 Å². The number of hydrogen-bond donors (Lipinski definition) is 0. The number of fused-ring (bicyclic) bond motifs is 3. The highest BCUT2D eigenvalue weighted by Crippen LogP contribution is 2.51. The highest BCUT2D eigenvalue weighted by Gasteiger charge is 2.36. The number of nitriles is 1. The third-order valence-corrected chi connectivity index (χ3v) is 11.6. The summed E-state index contributed by atoms with van der Waals surface area (Å²) < 4.78 is 0. The zero-order chi connectivity index (χ0) is 39.9. The number of hydrogen-bond acceptors (Lipinski definition) is 4. The predicted octanol–water partition coefficient (Wildman–Crippen LogP) is 13.7. The van der Waals surface area contributed by atoms with Gasteiger partial charge in [0.2, 0.25) is 0 Å². The van der Waals surface area contributed by atoms with Gasteiger partial charge in [-0.2, -0.15) is 5.26 Å². The monoisotopic (exact) mass is 754 g/mol. The summed E-state index contributed by atoms with van der Waals surface area (Å²) >= 11 is 0. The van der Waals surface area contributed by atoms with Gasteiger partial charge in [-0.3, -0.25) is 0 Å². The molecule has 9 aromatic rings. The molecule has 0 aliphatic heterocycles. The van der Waals surface area contributed by atoms with E-state index in [0.29, 0.717) is 17.5 Å². The van der Waals surface area contributed by atoms with Crippen LogP contribution in [0.25, 0.3) is 89.8 Å². The lowest BCUT2D eigenvalue weighted by molar-refractivity contribution is 0.660. The van der Waals surface area contributed by atoms with Crippen LogP contribution in [0.15, 0.2) is 194 Å². The maximum atomic E-state index is 9.95. The largest absolute Gasteiger partial charge is 0.208 e. The Labute approximate surface area is 344 Å². The molecule has 1 aliphatic carbocycles. The molecule has 1 aromatic heterocycles. The van der Waals surface area contributed by atoms with Crippen LogP contribution in [0.1, 0.15) is 30.5 Å². The lowest BCUT2D eigenvalue weighted by atomic mass is 9.82. The first-order valence-corrected chi connectivity index (χ1v) is 19.9. The molecular formula is C55H38N4. The Morgan fingerprint density at radius 2 is 0.746 bits per heavy atom. The minimum atomic E-state index is -0.155. The molecule has 1 aliphatic rings. The first kappa shape index (κ1) is 35.7. The summed E-state index contributed by atoms with van der Waals surface area (Å²) in [5.74, 6) is 1.86. The van der Waals surface area contributed by atoms with Crippen LogP contribution >= 0.6 is 0 Å². The van der Waals surface area contributed by atoms with E-state index >= 15 is 0 Å². The fourth-order valence-corrected chi connectivity index (χ4v) is 8.42. The second-order valence-electron chi connectivity index (χ2n) is 15.6. The molecule has 0 atom stereocenters. The summed E-state index contributed by atoms with van der Waals surface area (Å²) in [5.41, 5.74) is 17.0. The van der Waals surface area contributed by atoms with Crippen LogP contribution in [-0.2, 0) is 5.41 Å². The molecule has 0 unspecified atom stereocenters. The van der Waals surface area contributed by atoms with Crippen LogP contribution in [-0.4, -0.2) is 15.0 Å². The van der Waals surface area contributed by atoms with E-state index in [1.807, 2.05) is 24.3 Å². The molecule has 0 amide bonds. The summed E-state index contributed by atoms with van der Waals surface area (Å²) in [7, 11) is 0. The Morgan fingerprint density at radius 3 is 1.29 bits per heavy atom. The Hall–Kier alpha value is -7.74. The van der Waals surface area contributed by atoms with Crippen molar-refractivity contribution < 1.29 is 0 Å². The van der Waals surface area contributed by atoms with Crippen LogP contribution in [0.3, 0.4) is 0 Å². The lowest BCUT2D eigenvalue weighted by Gasteiger charge is -2.21. The van der Waals surface area contributed by atoms with Gasteiger partial charge in [-0.15, -0.1) is 0 Å². The smallest absolute Gasteiger partial charge is 0.164 e. The molecule has 0 radical (unpaired) electrons. The SMILES string of the molecule is CC1(C)c2ccc(-c3ccc(-c4ccc(-c5nc(-c6ccc(-c7ccccc7)cc6)nc(-c6cccc(-c7ccccc7)c6)n5)cc4)cc3)cc2-c2c(C#N)cccc21. The van der Waals surface area contributed by atoms with Gasteiger partial charge in [-0.05, 0) is 79.4 Å². The molecule has 4 nitrogen and oxygen atoms in total. The third-order valence-electron chi connectivity index (χ3n) is 11.6. The fourth-order valence-electron chi connectivity index (χ4n) is 8.42. The van der Waals surface area contributed by atoms with Crippen LogP contribution < -0.4 is 0 Å². The van der Waals surface area contributed by atoms with E-state index in [1.54, 1.807) is 0 Å². The van der Waals surface area contributed by atoms with Crippen molar-refractivity contribution in [3.8, 4) is 95.9 Å². The Kier molecular flexibility index (Phi) is 8.85. The van der Waals surface area contributed by atoms with Crippen molar-refractivity contribution in [2.45, 2.75) is 19.3 Å². The standard InChI is InChI=1S/C55H38N4/c1-55(2)49-32-31-45(34-48(49)51-47(35-56)17-10-18-50(51)55)41-21-19-39(20-22-41)40-25-29-43(30-26-40)53-57-52(42-27-23-38(24-28-42)36-11-5-3-6-12-36)58-54(59-53)46-16-9-15-44(33-46)37-13-7-4-8-14-37/h3-34H,1-2H3. The van der Waals surface area contributed by atoms with Crippen LogP contribution in [0.2, 0.25) is 0 Å². The van der Waals surface area contributed by atoms with Gasteiger partial charge in [-0.25, -0.2) is 15.0 Å². The third kappa shape index (κ3) is 6.59. The Bertz CT molecular complexity index is 3030. The first-order valence-electron chi connectivity index (χ1n) is 19.9. The quantitative estimate of drug-likeness (QED) is 0.163. The highest BCUT2D eigenvalue weighted by atomic mass is 15.0. The van der Waals surface area contributed by atoms with E-state index in [4.69, 9.17) is 15.0 Å². The molecule has 4 heteroatoms. The lowest BCUT2D eigenvalue weighted by Crippen LogP contribution is -2.14. The minimum Gasteiger partial charge on any atom is -0.208 e. The maximum absolute atomic E-state index is 9.95. The Balaban J connectivity index is 0.973. The zero-order valence-corrected chi connectivity index (χ0v) is 32.8. The molecule has 10 rings (SSSR count). The average Bonchev–Trinajstić information content (AvgIpc) is 3.55. The maximum Gasteiger partial charge on any atom is 0.164 e. The molecule has 0 saturated heterocycles. The van der Waals surface area contributed by atoms with Gasteiger partial charge in [0, 0.05) is 27.7 Å². The Morgan fingerprint density at radius 1 is 0.356 bits per heavy atom. The number of rotatable bonds is 7. The van der Waals surface area contributed by atoms with Crippen LogP contribution in [0, 0.1) is 11.3 Å². The van der Waals surface area contributed by atoms with Crippen molar-refractivity contribution >= 4 is 0 Å². The van der Waals surface area contributed by atoms with Crippen molar-refractivity contribution in [2.24, 2.45) is 0 Å². The molecule has 278 valence electrons. The molecule has 0 N–H and O–H groups in total. The van der Waals surface area contributed by atoms with Gasteiger partial charge in [0.25, 0.3) is 0 Å². The van der Waals surface area contributed by atoms with E-state index in [2.05, 4.69) is 190 Å². The van der Waals surface area contributed by atoms with Crippen molar-refractivity contribution in [3.05, 3.63) is 211 Å². The second kappa shape index (κ2) is 14.6. The summed E-state index contributed by atoms with van der Waals surface area (Å²) in [6.45, 7) is 4.49. The predicted molar refractivity (Wildman–Crippen MR) is 240 cm³/mol. The normalized spacial score (nSPS) is 12.4. The summed E-state index contributed by atoms with van der Waals surface area (Å²) in [5, 5.41) is 9.95. The molecule has 0 spiro atoms. The van der Waals surface area contributed by atoms with Gasteiger partial charge in [0.1, 0.15) is 0 Å². The highest BCUT2D eigenvalue weighted by molar-refractivity contribution is 5.88. The summed E-state index contributed by atoms with van der Waals surface area (Å²) in [6, 6.07) is 69.9. The zero-order valence-electron chi connectivity index (χ0n) is 32.8. The van der Waals surface area contributed by atoms with Gasteiger partial charge in [0.05, 0.1) is 11.6 Å². The van der Waals surface area contributed by atoms with Crippen molar-refractivity contribution in [1.29, 1.82) is 5.26 Å². The van der Waals surface area contributed by atoms with E-state index < -0.39 is 0 Å². The van der Waals surface area contributed by atoms with E-state index in [0.717, 1.165) is 77.9 Å². The average molecular weight is 755 g/mol. The van der Waals surface area contributed by atoms with Crippen molar-refractivity contribution in [1.82, 2.24) is 15.0 Å². The number of benzene rings is 8. The van der Waals surface area contributed by atoms with Crippen LogP contribution in [0.4, 0.5) is 0 Å². The molecular weight excluding hydrogens is 717 g/mol. The number of aromatic nitrogens is 3. The van der Waals surface area contributed by atoms with Gasteiger partial charge < -0.3 is 0 Å². The van der Waals surface area contributed by atoms with Gasteiger partial charge in [-0.1, -0.05) is 190 Å².